The molecule has 3 atom stereocenters. The predicted octanol–water partition coefficient (Wildman–Crippen LogP) is 1.71. The van der Waals surface area contributed by atoms with Gasteiger partial charge in [0.15, 0.2) is 0 Å². The fourth-order valence-corrected chi connectivity index (χ4v) is 5.40. The van der Waals surface area contributed by atoms with E-state index in [0.717, 1.165) is 31.7 Å². The third kappa shape index (κ3) is 5.97. The van der Waals surface area contributed by atoms with Crippen molar-refractivity contribution in [3.8, 4) is 0 Å². The van der Waals surface area contributed by atoms with E-state index in [2.05, 4.69) is 10.0 Å². The normalized spacial score (nSPS) is 25.8. The zero-order valence-corrected chi connectivity index (χ0v) is 17.2. The Hall–Kier alpha value is -1.55. The molecule has 0 bridgehead atoms. The summed E-state index contributed by atoms with van der Waals surface area (Å²) in [5.74, 6) is -0.419. The number of carbonyl (C=O) groups excluding carboxylic acids is 1. The maximum Gasteiger partial charge on any atom is 0.241 e. The molecule has 1 heterocycles. The van der Waals surface area contributed by atoms with E-state index in [-0.39, 0.29) is 29.4 Å². The zero-order valence-electron chi connectivity index (χ0n) is 16.3. The largest absolute Gasteiger partial charge is 0.394 e. The van der Waals surface area contributed by atoms with Crippen molar-refractivity contribution in [2.75, 3.05) is 13.2 Å². The van der Waals surface area contributed by atoms with Gasteiger partial charge in [0, 0.05) is 12.5 Å². The average molecular weight is 429 g/mol. The van der Waals surface area contributed by atoms with Crippen molar-refractivity contribution in [1.29, 1.82) is 0 Å². The van der Waals surface area contributed by atoms with Crippen LogP contribution in [0.5, 0.6) is 0 Å². The quantitative estimate of drug-likeness (QED) is 0.585. The Labute approximate surface area is 171 Å². The number of carbonyl (C=O) groups is 1. The van der Waals surface area contributed by atoms with Crippen molar-refractivity contribution in [1.82, 2.24) is 10.0 Å². The van der Waals surface area contributed by atoms with E-state index in [1.165, 1.54) is 18.2 Å². The molecular weight excluding hydrogens is 399 g/mol. The highest BCUT2D eigenvalue weighted by Gasteiger charge is 2.34. The number of hydrogen-bond acceptors (Lipinski definition) is 5. The van der Waals surface area contributed by atoms with Crippen LogP contribution >= 0.6 is 0 Å². The molecule has 1 saturated carbocycles. The second-order valence-electron chi connectivity index (χ2n) is 7.80. The summed E-state index contributed by atoms with van der Waals surface area (Å²) in [7, 11) is -3.92. The van der Waals surface area contributed by atoms with Gasteiger partial charge in [-0.25, -0.2) is 17.5 Å². The van der Waals surface area contributed by atoms with Gasteiger partial charge in [-0.3, -0.25) is 4.79 Å². The molecule has 1 amide bonds. The van der Waals surface area contributed by atoms with Crippen LogP contribution in [0.15, 0.2) is 29.2 Å². The minimum Gasteiger partial charge on any atom is -0.394 e. The third-order valence-electron chi connectivity index (χ3n) is 5.70. The van der Waals surface area contributed by atoms with Crippen LogP contribution in [0.4, 0.5) is 4.39 Å². The number of amides is 1. The first-order valence-electron chi connectivity index (χ1n) is 10.2. The molecule has 1 aliphatic heterocycles. The topological polar surface area (TPSA) is 105 Å². The molecule has 3 N–H and O–H groups in total. The van der Waals surface area contributed by atoms with E-state index in [0.29, 0.717) is 25.8 Å². The van der Waals surface area contributed by atoms with Crippen molar-refractivity contribution >= 4 is 15.9 Å². The Morgan fingerprint density at radius 2 is 1.97 bits per heavy atom. The molecule has 1 aliphatic carbocycles. The lowest BCUT2D eigenvalue weighted by Crippen LogP contribution is -2.51. The Kier molecular flexibility index (Phi) is 7.61. The fourth-order valence-electron chi connectivity index (χ4n) is 4.07. The molecule has 162 valence electrons. The highest BCUT2D eigenvalue weighted by atomic mass is 32.2. The van der Waals surface area contributed by atoms with Crippen LogP contribution in [-0.4, -0.2) is 50.8 Å². The lowest BCUT2D eigenvalue weighted by Gasteiger charge is -2.36. The number of hydrogen-bond donors (Lipinski definition) is 3. The van der Waals surface area contributed by atoms with Gasteiger partial charge in [0.25, 0.3) is 0 Å². The molecule has 1 aromatic rings. The second-order valence-corrected chi connectivity index (χ2v) is 9.52. The standard InChI is InChI=1S/C20H29FN2O5S/c21-15-6-3-7-17(12-15)29(26,27)23-18-9-8-16(28-19(18)13-24)10-11-22-20(25)14-4-1-2-5-14/h3,6-7,12,14,16,18-19,23-24H,1-2,4-5,8-11,13H2,(H,22,25)/t16-,18+,19-/m1/s1. The first kappa shape index (κ1) is 22.1. The summed E-state index contributed by atoms with van der Waals surface area (Å²) in [5, 5.41) is 12.6. The summed E-state index contributed by atoms with van der Waals surface area (Å²) < 4.78 is 46.8. The van der Waals surface area contributed by atoms with E-state index >= 15 is 0 Å². The third-order valence-corrected chi connectivity index (χ3v) is 7.19. The molecule has 0 radical (unpaired) electrons. The molecule has 7 nitrogen and oxygen atoms in total. The maximum atomic E-state index is 13.4. The van der Waals surface area contributed by atoms with Gasteiger partial charge in [0.05, 0.1) is 29.8 Å². The van der Waals surface area contributed by atoms with Crippen molar-refractivity contribution in [2.24, 2.45) is 5.92 Å². The van der Waals surface area contributed by atoms with E-state index in [1.54, 1.807) is 0 Å². The van der Waals surface area contributed by atoms with E-state index in [9.17, 15) is 22.7 Å². The average Bonchev–Trinajstić information content (AvgIpc) is 3.23. The Morgan fingerprint density at radius 1 is 1.21 bits per heavy atom. The number of rotatable bonds is 8. The summed E-state index contributed by atoms with van der Waals surface area (Å²) in [5.41, 5.74) is 0. The SMILES string of the molecule is O=C(NCC[C@H]1CC[C@H](NS(=O)(=O)c2cccc(F)c2)[C@@H](CO)O1)C1CCCC1. The van der Waals surface area contributed by atoms with Gasteiger partial charge in [0.1, 0.15) is 5.82 Å². The lowest BCUT2D eigenvalue weighted by atomic mass is 9.98. The Balaban J connectivity index is 1.49. The highest BCUT2D eigenvalue weighted by molar-refractivity contribution is 7.89. The molecule has 2 fully saturated rings. The molecule has 29 heavy (non-hydrogen) atoms. The maximum absolute atomic E-state index is 13.4. The van der Waals surface area contributed by atoms with Crippen molar-refractivity contribution in [3.05, 3.63) is 30.1 Å². The molecule has 2 aliphatic rings. The van der Waals surface area contributed by atoms with Crippen LogP contribution in [0.3, 0.4) is 0 Å². The van der Waals surface area contributed by atoms with Gasteiger partial charge in [-0.15, -0.1) is 0 Å². The Bertz CT molecular complexity index is 798. The van der Waals surface area contributed by atoms with Crippen LogP contribution in [0.1, 0.15) is 44.9 Å². The van der Waals surface area contributed by atoms with Crippen LogP contribution in [0, 0.1) is 11.7 Å². The van der Waals surface area contributed by atoms with Crippen LogP contribution in [0.2, 0.25) is 0 Å². The second kappa shape index (κ2) is 9.97. The van der Waals surface area contributed by atoms with Gasteiger partial charge in [0.2, 0.25) is 15.9 Å². The summed E-state index contributed by atoms with van der Waals surface area (Å²) >= 11 is 0. The van der Waals surface area contributed by atoms with Crippen molar-refractivity contribution < 1.29 is 27.4 Å². The molecule has 1 saturated heterocycles. The number of nitrogens with one attached hydrogen (secondary N) is 2. The number of halogens is 1. The van der Waals surface area contributed by atoms with Gasteiger partial charge >= 0.3 is 0 Å². The van der Waals surface area contributed by atoms with Crippen LogP contribution in [0.25, 0.3) is 0 Å². The molecule has 3 rings (SSSR count). The molecule has 0 aromatic heterocycles. The molecule has 1 aromatic carbocycles. The van der Waals surface area contributed by atoms with Gasteiger partial charge in [-0.2, -0.15) is 0 Å². The minimum atomic E-state index is -3.92. The van der Waals surface area contributed by atoms with Gasteiger partial charge < -0.3 is 15.2 Å². The van der Waals surface area contributed by atoms with Crippen LogP contribution < -0.4 is 10.0 Å². The summed E-state index contributed by atoms with van der Waals surface area (Å²) in [6.07, 6.45) is 4.96. The first-order valence-corrected chi connectivity index (χ1v) is 11.7. The molecular formula is C20H29FN2O5S. The smallest absolute Gasteiger partial charge is 0.241 e. The predicted molar refractivity (Wildman–Crippen MR) is 105 cm³/mol. The highest BCUT2D eigenvalue weighted by Crippen LogP contribution is 2.25. The molecule has 0 spiro atoms. The number of aliphatic hydroxyl groups excluding tert-OH is 1. The van der Waals surface area contributed by atoms with E-state index < -0.39 is 28.0 Å². The summed E-state index contributed by atoms with van der Waals surface area (Å²) in [4.78, 5) is 11.9. The number of ether oxygens (including phenoxy) is 1. The lowest BCUT2D eigenvalue weighted by molar-refractivity contribution is -0.125. The molecule has 9 heteroatoms. The van der Waals surface area contributed by atoms with E-state index in [4.69, 9.17) is 4.74 Å². The van der Waals surface area contributed by atoms with Crippen molar-refractivity contribution in [2.45, 2.75) is 68.1 Å². The minimum absolute atomic E-state index is 0.0951. The van der Waals surface area contributed by atoms with Crippen molar-refractivity contribution in [3.63, 3.8) is 0 Å². The van der Waals surface area contributed by atoms with Crippen LogP contribution in [-0.2, 0) is 19.6 Å². The van der Waals surface area contributed by atoms with Gasteiger partial charge in [-0.05, 0) is 50.3 Å². The number of benzene rings is 1. The molecule has 0 unspecified atom stereocenters. The number of sulfonamides is 1. The zero-order chi connectivity index (χ0) is 20.9. The fraction of sp³-hybridized carbons (Fsp3) is 0.650. The monoisotopic (exact) mass is 428 g/mol. The summed E-state index contributed by atoms with van der Waals surface area (Å²) in [6, 6.07) is 4.18. The first-order chi connectivity index (χ1) is 13.9. The summed E-state index contributed by atoms with van der Waals surface area (Å²) in [6.45, 7) is 0.166. The Morgan fingerprint density at radius 3 is 2.66 bits per heavy atom. The number of aliphatic hydroxyl groups is 1. The van der Waals surface area contributed by atoms with E-state index in [1.807, 2.05) is 0 Å². The van der Waals surface area contributed by atoms with Gasteiger partial charge in [-0.1, -0.05) is 18.9 Å².